The highest BCUT2D eigenvalue weighted by Crippen LogP contribution is 2.23. The number of hydrogen-bond donors (Lipinski definition) is 1. The van der Waals surface area contributed by atoms with Gasteiger partial charge in [-0.3, -0.25) is 14.2 Å². The molecule has 0 spiro atoms. The first-order chi connectivity index (χ1) is 13.5. The molecular weight excluding hydrogens is 400 g/mol. The summed E-state index contributed by atoms with van der Waals surface area (Å²) in [6, 6.07) is 10.4. The van der Waals surface area contributed by atoms with Crippen molar-refractivity contribution in [2.45, 2.75) is 23.9 Å². The molecule has 0 bridgehead atoms. The Morgan fingerprint density at radius 1 is 1.32 bits per heavy atom. The van der Waals surface area contributed by atoms with Crippen LogP contribution in [0.2, 0.25) is 5.02 Å². The second kappa shape index (κ2) is 9.18. The van der Waals surface area contributed by atoms with Crippen LogP contribution < -0.4 is 10.9 Å². The van der Waals surface area contributed by atoms with Crippen molar-refractivity contribution in [2.75, 3.05) is 19.0 Å². The van der Waals surface area contributed by atoms with Gasteiger partial charge in [-0.05, 0) is 31.2 Å². The predicted octanol–water partition coefficient (Wildman–Crippen LogP) is 3.21. The third-order valence-electron chi connectivity index (χ3n) is 3.98. The van der Waals surface area contributed by atoms with Gasteiger partial charge in [0.15, 0.2) is 5.16 Å². The first-order valence-electron chi connectivity index (χ1n) is 8.57. The van der Waals surface area contributed by atoms with Crippen LogP contribution in [0.25, 0.3) is 10.9 Å². The Morgan fingerprint density at radius 2 is 2.11 bits per heavy atom. The van der Waals surface area contributed by atoms with E-state index in [9.17, 15) is 9.59 Å². The van der Waals surface area contributed by atoms with E-state index in [0.717, 1.165) is 0 Å². The number of rotatable bonds is 7. The topological polar surface area (TPSA) is 86.1 Å². The molecule has 2 aromatic heterocycles. The molecule has 0 radical (unpaired) electrons. The minimum atomic E-state index is -0.501. The van der Waals surface area contributed by atoms with E-state index >= 15 is 0 Å². The molecule has 3 rings (SSSR count). The summed E-state index contributed by atoms with van der Waals surface area (Å²) in [6.45, 7) is 2.46. The van der Waals surface area contributed by atoms with Crippen molar-refractivity contribution in [2.24, 2.45) is 0 Å². The highest BCUT2D eigenvalue weighted by atomic mass is 35.5. The van der Waals surface area contributed by atoms with Gasteiger partial charge < -0.3 is 10.1 Å². The lowest BCUT2D eigenvalue weighted by atomic mass is 10.2. The summed E-state index contributed by atoms with van der Waals surface area (Å²) in [5.74, 6) is 0.158. The molecular formula is C19H19ClN4O3S. The maximum Gasteiger partial charge on any atom is 0.262 e. The van der Waals surface area contributed by atoms with Gasteiger partial charge in [-0.1, -0.05) is 35.5 Å². The second-order valence-electron chi connectivity index (χ2n) is 5.97. The number of nitrogens with zero attached hydrogens (tertiary/aromatic N) is 3. The van der Waals surface area contributed by atoms with Crippen LogP contribution >= 0.6 is 23.4 Å². The first-order valence-corrected chi connectivity index (χ1v) is 9.83. The maximum atomic E-state index is 12.9. The van der Waals surface area contributed by atoms with Gasteiger partial charge in [0, 0.05) is 13.3 Å². The lowest BCUT2D eigenvalue weighted by molar-refractivity contribution is -0.115. The van der Waals surface area contributed by atoms with Crippen molar-refractivity contribution in [1.29, 1.82) is 0 Å². The van der Waals surface area contributed by atoms with Crippen molar-refractivity contribution < 1.29 is 9.53 Å². The molecule has 1 aromatic carbocycles. The molecule has 1 unspecified atom stereocenters. The average molecular weight is 419 g/mol. The number of halogens is 1. The van der Waals surface area contributed by atoms with Crippen LogP contribution in [0.4, 0.5) is 5.82 Å². The Labute approximate surface area is 171 Å². The highest BCUT2D eigenvalue weighted by molar-refractivity contribution is 8.00. The van der Waals surface area contributed by atoms with Gasteiger partial charge in [-0.15, -0.1) is 0 Å². The zero-order chi connectivity index (χ0) is 20.1. The van der Waals surface area contributed by atoms with Crippen molar-refractivity contribution in [3.63, 3.8) is 0 Å². The minimum absolute atomic E-state index is 0.155. The van der Waals surface area contributed by atoms with Crippen LogP contribution in [-0.2, 0) is 16.1 Å². The number of amides is 1. The number of anilines is 1. The van der Waals surface area contributed by atoms with E-state index < -0.39 is 5.25 Å². The fourth-order valence-corrected chi connectivity index (χ4v) is 3.55. The zero-order valence-corrected chi connectivity index (χ0v) is 17.0. The number of hydrogen-bond acceptors (Lipinski definition) is 6. The second-order valence-corrected chi connectivity index (χ2v) is 7.72. The molecule has 9 heteroatoms. The summed E-state index contributed by atoms with van der Waals surface area (Å²) >= 11 is 7.02. The number of aromatic nitrogens is 3. The molecule has 146 valence electrons. The SMILES string of the molecule is COCCn1c(SC(C)C(=O)Nc2ccc(Cl)cn2)nc2ccccc2c1=O. The number of carbonyl (C=O) groups excluding carboxylic acids is 1. The quantitative estimate of drug-likeness (QED) is 0.468. The van der Waals surface area contributed by atoms with E-state index in [-0.39, 0.29) is 11.5 Å². The summed E-state index contributed by atoms with van der Waals surface area (Å²) in [5, 5.41) is 3.72. The molecule has 28 heavy (non-hydrogen) atoms. The van der Waals surface area contributed by atoms with E-state index in [1.165, 1.54) is 18.0 Å². The maximum absolute atomic E-state index is 12.9. The molecule has 0 saturated carbocycles. The Balaban J connectivity index is 1.86. The summed E-state index contributed by atoms with van der Waals surface area (Å²) in [4.78, 5) is 34.0. The fraction of sp³-hybridized carbons (Fsp3) is 0.263. The van der Waals surface area contributed by atoms with E-state index in [4.69, 9.17) is 16.3 Å². The molecule has 0 aliphatic heterocycles. The first kappa shape index (κ1) is 20.3. The Hall–Kier alpha value is -2.42. The van der Waals surface area contributed by atoms with Crippen LogP contribution in [0.3, 0.4) is 0 Å². The molecule has 0 fully saturated rings. The minimum Gasteiger partial charge on any atom is -0.383 e. The van der Waals surface area contributed by atoms with Crippen LogP contribution in [0, 0.1) is 0 Å². The van der Waals surface area contributed by atoms with Gasteiger partial charge in [0.2, 0.25) is 5.91 Å². The summed E-state index contributed by atoms with van der Waals surface area (Å²) in [7, 11) is 1.57. The lowest BCUT2D eigenvalue weighted by Gasteiger charge is -2.16. The van der Waals surface area contributed by atoms with E-state index in [1.54, 1.807) is 48.9 Å². The van der Waals surface area contributed by atoms with Crippen LogP contribution in [-0.4, -0.2) is 39.4 Å². The van der Waals surface area contributed by atoms with Crippen LogP contribution in [0.15, 0.2) is 52.5 Å². The Morgan fingerprint density at radius 3 is 2.82 bits per heavy atom. The summed E-state index contributed by atoms with van der Waals surface area (Å²) in [5.41, 5.74) is 0.438. The smallest absolute Gasteiger partial charge is 0.262 e. The molecule has 1 atom stereocenters. The summed E-state index contributed by atoms with van der Waals surface area (Å²) < 4.78 is 6.66. The molecule has 3 aromatic rings. The van der Waals surface area contributed by atoms with Crippen molar-refractivity contribution in [1.82, 2.24) is 14.5 Å². The van der Waals surface area contributed by atoms with Gasteiger partial charge >= 0.3 is 0 Å². The van der Waals surface area contributed by atoms with Crippen molar-refractivity contribution in [3.8, 4) is 0 Å². The zero-order valence-electron chi connectivity index (χ0n) is 15.4. The Bertz CT molecular complexity index is 1040. The molecule has 1 amide bonds. The third kappa shape index (κ3) is 4.70. The molecule has 1 N–H and O–H groups in total. The number of nitrogens with one attached hydrogen (secondary N) is 1. The molecule has 7 nitrogen and oxygen atoms in total. The number of methoxy groups -OCH3 is 1. The van der Waals surface area contributed by atoms with Crippen LogP contribution in [0.5, 0.6) is 0 Å². The Kier molecular flexibility index (Phi) is 6.66. The van der Waals surface area contributed by atoms with Crippen LogP contribution in [0.1, 0.15) is 6.92 Å². The van der Waals surface area contributed by atoms with Gasteiger partial charge in [0.05, 0.1) is 34.3 Å². The lowest BCUT2D eigenvalue weighted by Crippen LogP contribution is -2.28. The van der Waals surface area contributed by atoms with Gasteiger partial charge in [0.1, 0.15) is 5.82 Å². The van der Waals surface area contributed by atoms with Gasteiger partial charge in [0.25, 0.3) is 5.56 Å². The number of pyridine rings is 1. The fourth-order valence-electron chi connectivity index (χ4n) is 2.51. The monoisotopic (exact) mass is 418 g/mol. The van der Waals surface area contributed by atoms with Crippen molar-refractivity contribution in [3.05, 3.63) is 58.0 Å². The molecule has 0 aliphatic carbocycles. The highest BCUT2D eigenvalue weighted by Gasteiger charge is 2.20. The normalized spacial score (nSPS) is 12.1. The van der Waals surface area contributed by atoms with E-state index in [2.05, 4.69) is 15.3 Å². The number of benzene rings is 1. The number of fused-ring (bicyclic) bond motifs is 1. The number of carbonyl (C=O) groups is 1. The van der Waals surface area contributed by atoms with E-state index in [1.807, 2.05) is 6.07 Å². The van der Waals surface area contributed by atoms with E-state index in [0.29, 0.717) is 40.1 Å². The third-order valence-corrected chi connectivity index (χ3v) is 5.29. The average Bonchev–Trinajstić information content (AvgIpc) is 2.69. The standard InChI is InChI=1S/C19H19ClN4O3S/c1-12(17(25)23-16-8-7-13(20)11-21-16)28-19-22-15-6-4-3-5-14(15)18(26)24(19)9-10-27-2/h3-8,11-12H,9-10H2,1-2H3,(H,21,23,25). The largest absolute Gasteiger partial charge is 0.383 e. The van der Waals surface area contributed by atoms with Gasteiger partial charge in [-0.2, -0.15) is 0 Å². The number of para-hydroxylation sites is 1. The van der Waals surface area contributed by atoms with Gasteiger partial charge in [-0.25, -0.2) is 9.97 Å². The molecule has 0 aliphatic rings. The number of ether oxygens (including phenoxy) is 1. The van der Waals surface area contributed by atoms with Crippen molar-refractivity contribution >= 4 is 46.0 Å². The molecule has 0 saturated heterocycles. The molecule has 2 heterocycles. The predicted molar refractivity (Wildman–Crippen MR) is 111 cm³/mol. The number of thioether (sulfide) groups is 1. The summed E-state index contributed by atoms with van der Waals surface area (Å²) in [6.07, 6.45) is 1.46.